The van der Waals surface area contributed by atoms with Gasteiger partial charge in [0.15, 0.2) is 0 Å². The number of amides is 1. The quantitative estimate of drug-likeness (QED) is 0.686. The summed E-state index contributed by atoms with van der Waals surface area (Å²) in [7, 11) is 2.14. The van der Waals surface area contributed by atoms with Gasteiger partial charge in [-0.25, -0.2) is 0 Å². The Hall–Kier alpha value is -1.05. The van der Waals surface area contributed by atoms with Crippen molar-refractivity contribution in [3.05, 3.63) is 0 Å². The topological polar surface area (TPSA) is 44.4 Å². The lowest BCUT2D eigenvalue weighted by Gasteiger charge is -2.36. The number of nitrogens with one attached hydrogen (secondary N) is 2. The van der Waals surface area contributed by atoms with Crippen LogP contribution >= 0.6 is 0 Å². The minimum atomic E-state index is -0.177. The van der Waals surface area contributed by atoms with Crippen LogP contribution in [0.1, 0.15) is 26.7 Å². The number of carbonyl (C=O) groups is 1. The van der Waals surface area contributed by atoms with Crippen LogP contribution in [0.4, 0.5) is 0 Å². The maximum Gasteiger partial charge on any atom is 0.237 e. The number of hydrogen-bond donors (Lipinski definition) is 2. The highest BCUT2D eigenvalue weighted by Gasteiger charge is 2.25. The second-order valence-corrected chi connectivity index (χ2v) is 4.86. The van der Waals surface area contributed by atoms with E-state index in [-0.39, 0.29) is 11.9 Å². The maximum absolute atomic E-state index is 11.6. The van der Waals surface area contributed by atoms with Crippen molar-refractivity contribution in [2.24, 2.45) is 0 Å². The first-order valence-electron chi connectivity index (χ1n) is 6.22. The van der Waals surface area contributed by atoms with Crippen molar-refractivity contribution < 1.29 is 4.79 Å². The molecule has 4 heteroatoms. The van der Waals surface area contributed by atoms with E-state index in [0.29, 0.717) is 18.6 Å². The lowest BCUT2D eigenvalue weighted by Crippen LogP contribution is -2.51. The third kappa shape index (κ3) is 4.37. The van der Waals surface area contributed by atoms with Crippen molar-refractivity contribution in [3.63, 3.8) is 0 Å². The highest BCUT2D eigenvalue weighted by molar-refractivity contribution is 5.81. The molecule has 1 fully saturated rings. The molecule has 0 aromatic rings. The van der Waals surface area contributed by atoms with Crippen LogP contribution in [0.5, 0.6) is 0 Å². The van der Waals surface area contributed by atoms with Gasteiger partial charge >= 0.3 is 0 Å². The first-order valence-corrected chi connectivity index (χ1v) is 6.22. The molecule has 1 heterocycles. The minimum Gasteiger partial charge on any atom is -0.344 e. The Balaban J connectivity index is 2.34. The Morgan fingerprint density at radius 1 is 1.65 bits per heavy atom. The zero-order valence-electron chi connectivity index (χ0n) is 11.0. The van der Waals surface area contributed by atoms with E-state index in [0.717, 1.165) is 19.4 Å². The molecule has 0 bridgehead atoms. The predicted molar refractivity (Wildman–Crippen MR) is 69.6 cm³/mol. The Morgan fingerprint density at radius 2 is 2.35 bits per heavy atom. The minimum absolute atomic E-state index is 0.0190. The average molecular weight is 237 g/mol. The van der Waals surface area contributed by atoms with Crippen molar-refractivity contribution in [1.82, 2.24) is 15.5 Å². The van der Waals surface area contributed by atoms with E-state index in [2.05, 4.69) is 35.4 Å². The summed E-state index contributed by atoms with van der Waals surface area (Å²) in [6, 6.07) is 0.818. The lowest BCUT2D eigenvalue weighted by molar-refractivity contribution is -0.122. The first kappa shape index (κ1) is 14.0. The van der Waals surface area contributed by atoms with Gasteiger partial charge in [0.1, 0.15) is 0 Å². The van der Waals surface area contributed by atoms with Gasteiger partial charge in [0.05, 0.1) is 12.6 Å². The standard InChI is InChI=1S/C13H23N3O/c1-5-7-14-13(17)11(3)15-12-6-8-16(4)10(2)9-12/h1,10-12,15H,6-9H2,2-4H3,(H,14,17). The summed E-state index contributed by atoms with van der Waals surface area (Å²) >= 11 is 0. The molecule has 1 amide bonds. The van der Waals surface area contributed by atoms with Crippen molar-refractivity contribution in [1.29, 1.82) is 0 Å². The van der Waals surface area contributed by atoms with E-state index in [1.54, 1.807) is 0 Å². The monoisotopic (exact) mass is 237 g/mol. The second-order valence-electron chi connectivity index (χ2n) is 4.86. The highest BCUT2D eigenvalue weighted by Crippen LogP contribution is 2.15. The van der Waals surface area contributed by atoms with Crippen LogP contribution in [-0.4, -0.2) is 49.1 Å². The molecule has 0 aliphatic carbocycles. The molecule has 96 valence electrons. The van der Waals surface area contributed by atoms with Crippen LogP contribution in [0.25, 0.3) is 0 Å². The molecule has 17 heavy (non-hydrogen) atoms. The van der Waals surface area contributed by atoms with E-state index in [9.17, 15) is 4.79 Å². The summed E-state index contributed by atoms with van der Waals surface area (Å²) in [5.74, 6) is 2.38. The summed E-state index contributed by atoms with van der Waals surface area (Å²) in [6.07, 6.45) is 7.28. The molecule has 1 aliphatic rings. The van der Waals surface area contributed by atoms with Crippen LogP contribution in [0.2, 0.25) is 0 Å². The number of hydrogen-bond acceptors (Lipinski definition) is 3. The Kier molecular flexibility index (Phi) is 5.46. The van der Waals surface area contributed by atoms with Crippen molar-refractivity contribution in [2.45, 2.75) is 44.8 Å². The number of likely N-dealkylation sites (tertiary alicyclic amines) is 1. The summed E-state index contributed by atoms with van der Waals surface area (Å²) < 4.78 is 0. The fourth-order valence-corrected chi connectivity index (χ4v) is 2.16. The molecule has 0 radical (unpaired) electrons. The van der Waals surface area contributed by atoms with Crippen LogP contribution < -0.4 is 10.6 Å². The zero-order valence-corrected chi connectivity index (χ0v) is 11.0. The van der Waals surface area contributed by atoms with Crippen LogP contribution in [0.3, 0.4) is 0 Å². The molecule has 0 aromatic carbocycles. The van der Waals surface area contributed by atoms with Gasteiger partial charge in [-0.3, -0.25) is 4.79 Å². The van der Waals surface area contributed by atoms with Gasteiger partial charge in [-0.15, -0.1) is 6.42 Å². The molecule has 1 rings (SSSR count). The smallest absolute Gasteiger partial charge is 0.237 e. The van der Waals surface area contributed by atoms with Crippen molar-refractivity contribution in [2.75, 3.05) is 20.1 Å². The fraction of sp³-hybridized carbons (Fsp3) is 0.769. The predicted octanol–water partition coefficient (Wildman–Crippen LogP) is 0.197. The van der Waals surface area contributed by atoms with Crippen LogP contribution in [0.15, 0.2) is 0 Å². The molecule has 1 saturated heterocycles. The second kappa shape index (κ2) is 6.63. The van der Waals surface area contributed by atoms with Gasteiger partial charge in [-0.05, 0) is 40.3 Å². The van der Waals surface area contributed by atoms with E-state index >= 15 is 0 Å². The molecular formula is C13H23N3O. The molecule has 3 atom stereocenters. The normalized spacial score (nSPS) is 27.2. The van der Waals surface area contributed by atoms with Crippen LogP contribution in [-0.2, 0) is 4.79 Å². The molecular weight excluding hydrogens is 214 g/mol. The molecule has 4 nitrogen and oxygen atoms in total. The van der Waals surface area contributed by atoms with Crippen molar-refractivity contribution in [3.8, 4) is 12.3 Å². The van der Waals surface area contributed by atoms with Gasteiger partial charge in [-0.2, -0.15) is 0 Å². The Morgan fingerprint density at radius 3 is 2.94 bits per heavy atom. The van der Waals surface area contributed by atoms with Gasteiger partial charge in [0, 0.05) is 12.1 Å². The molecule has 0 spiro atoms. The maximum atomic E-state index is 11.6. The summed E-state index contributed by atoms with van der Waals surface area (Å²) in [6.45, 7) is 5.48. The summed E-state index contributed by atoms with van der Waals surface area (Å²) in [5.41, 5.74) is 0. The van der Waals surface area contributed by atoms with E-state index in [4.69, 9.17) is 6.42 Å². The SMILES string of the molecule is C#CCNC(=O)C(C)NC1CCN(C)C(C)C1. The van der Waals surface area contributed by atoms with Gasteiger partial charge in [0.2, 0.25) is 5.91 Å². The number of carbonyl (C=O) groups excluding carboxylic acids is 1. The third-order valence-corrected chi connectivity index (χ3v) is 3.45. The largest absolute Gasteiger partial charge is 0.344 e. The zero-order chi connectivity index (χ0) is 12.8. The number of terminal acetylenes is 1. The molecule has 0 aromatic heterocycles. The number of rotatable bonds is 4. The molecule has 0 saturated carbocycles. The fourth-order valence-electron chi connectivity index (χ4n) is 2.16. The Labute approximate surface area is 104 Å². The Bertz CT molecular complexity index is 298. The number of piperidine rings is 1. The van der Waals surface area contributed by atoms with E-state index in [1.807, 2.05) is 6.92 Å². The van der Waals surface area contributed by atoms with E-state index < -0.39 is 0 Å². The summed E-state index contributed by atoms with van der Waals surface area (Å²) in [5, 5.41) is 6.06. The van der Waals surface area contributed by atoms with Crippen molar-refractivity contribution >= 4 is 5.91 Å². The van der Waals surface area contributed by atoms with Gasteiger partial charge in [-0.1, -0.05) is 5.92 Å². The third-order valence-electron chi connectivity index (χ3n) is 3.45. The molecule has 2 N–H and O–H groups in total. The highest BCUT2D eigenvalue weighted by atomic mass is 16.2. The van der Waals surface area contributed by atoms with Gasteiger partial charge < -0.3 is 15.5 Å². The van der Waals surface area contributed by atoms with Crippen LogP contribution in [0, 0.1) is 12.3 Å². The summed E-state index contributed by atoms with van der Waals surface area (Å²) in [4.78, 5) is 14.0. The lowest BCUT2D eigenvalue weighted by atomic mass is 9.98. The molecule has 3 unspecified atom stereocenters. The van der Waals surface area contributed by atoms with Gasteiger partial charge in [0.25, 0.3) is 0 Å². The molecule has 1 aliphatic heterocycles. The first-order chi connectivity index (χ1) is 8.04. The average Bonchev–Trinajstić information content (AvgIpc) is 2.30. The number of nitrogens with zero attached hydrogens (tertiary/aromatic N) is 1. The van der Waals surface area contributed by atoms with E-state index in [1.165, 1.54) is 0 Å².